The van der Waals surface area contributed by atoms with Crippen LogP contribution in [-0.2, 0) is 0 Å². The minimum absolute atomic E-state index is 0.161. The van der Waals surface area contributed by atoms with Crippen LogP contribution >= 0.6 is 0 Å². The van der Waals surface area contributed by atoms with Crippen LogP contribution in [0.25, 0.3) is 11.1 Å². The molecular formula is C27H28O3. The molecule has 2 aliphatic rings. The minimum atomic E-state index is -0.363. The molecule has 4 rings (SSSR count). The molecule has 0 aromatic heterocycles. The van der Waals surface area contributed by atoms with Crippen LogP contribution in [0.15, 0.2) is 54.6 Å². The first kappa shape index (κ1) is 20.3. The van der Waals surface area contributed by atoms with Gasteiger partial charge in [-0.05, 0) is 53.7 Å². The van der Waals surface area contributed by atoms with Gasteiger partial charge in [0.15, 0.2) is 11.6 Å². The summed E-state index contributed by atoms with van der Waals surface area (Å²) in [5.41, 5.74) is 5.60. The molecule has 0 spiro atoms. The van der Waals surface area contributed by atoms with Gasteiger partial charge in [0.25, 0.3) is 0 Å². The average molecular weight is 401 g/mol. The van der Waals surface area contributed by atoms with Crippen molar-refractivity contribution in [2.75, 3.05) is 0 Å². The number of ether oxygens (including phenoxy) is 1. The predicted molar refractivity (Wildman–Crippen MR) is 121 cm³/mol. The average Bonchev–Trinajstić information content (AvgIpc) is 3.28. The quantitative estimate of drug-likeness (QED) is 0.508. The van der Waals surface area contributed by atoms with Gasteiger partial charge in [-0.1, -0.05) is 63.3 Å². The van der Waals surface area contributed by atoms with Gasteiger partial charge in [-0.15, -0.1) is 0 Å². The first-order chi connectivity index (χ1) is 14.5. The molecule has 0 atom stereocenters. The Morgan fingerprint density at radius 2 is 1.70 bits per heavy atom. The highest BCUT2D eigenvalue weighted by atomic mass is 16.5. The molecule has 1 aliphatic heterocycles. The van der Waals surface area contributed by atoms with Gasteiger partial charge >= 0.3 is 0 Å². The second-order valence-electron chi connectivity index (χ2n) is 8.19. The molecule has 0 fully saturated rings. The molecular weight excluding hydrogens is 372 g/mol. The molecule has 0 unspecified atom stereocenters. The van der Waals surface area contributed by atoms with Gasteiger partial charge in [0, 0.05) is 12.0 Å². The number of rotatable bonds is 6. The number of carbonyl (C=O) groups is 2. The summed E-state index contributed by atoms with van der Waals surface area (Å²) in [6, 6.07) is 13.8. The first-order valence-electron chi connectivity index (χ1n) is 10.9. The van der Waals surface area contributed by atoms with Crippen molar-refractivity contribution in [3.63, 3.8) is 0 Å². The maximum atomic E-state index is 12.8. The maximum absolute atomic E-state index is 12.8. The Balaban J connectivity index is 1.57. The van der Waals surface area contributed by atoms with Crippen LogP contribution in [0, 0.1) is 0 Å². The third-order valence-electron chi connectivity index (χ3n) is 6.48. The smallest absolute Gasteiger partial charge is 0.170 e. The van der Waals surface area contributed by atoms with Gasteiger partial charge in [-0.2, -0.15) is 0 Å². The van der Waals surface area contributed by atoms with Crippen LogP contribution in [0.3, 0.4) is 0 Å². The third-order valence-corrected chi connectivity index (χ3v) is 6.48. The van der Waals surface area contributed by atoms with Crippen molar-refractivity contribution >= 4 is 22.7 Å². The highest BCUT2D eigenvalue weighted by Crippen LogP contribution is 2.40. The van der Waals surface area contributed by atoms with Crippen LogP contribution < -0.4 is 4.74 Å². The Hall–Kier alpha value is -2.94. The Morgan fingerprint density at radius 3 is 2.37 bits per heavy atom. The molecule has 2 aromatic rings. The number of carbonyl (C=O) groups excluding carboxylic acids is 2. The fourth-order valence-electron chi connectivity index (χ4n) is 4.32. The number of allylic oxidation sites excluding steroid dienone is 4. The molecule has 154 valence electrons. The molecule has 3 heteroatoms. The van der Waals surface area contributed by atoms with Crippen molar-refractivity contribution in [3.05, 3.63) is 76.9 Å². The summed E-state index contributed by atoms with van der Waals surface area (Å²) in [4.78, 5) is 24.7. The van der Waals surface area contributed by atoms with E-state index in [1.165, 1.54) is 5.57 Å². The second kappa shape index (κ2) is 8.06. The molecule has 2 aromatic carbocycles. The number of benzene rings is 2. The fraction of sp³-hybridized carbons (Fsp3) is 0.333. The van der Waals surface area contributed by atoms with Crippen molar-refractivity contribution in [2.24, 2.45) is 0 Å². The lowest BCUT2D eigenvalue weighted by atomic mass is 9.85. The van der Waals surface area contributed by atoms with Crippen molar-refractivity contribution in [3.8, 4) is 5.75 Å². The van der Waals surface area contributed by atoms with Gasteiger partial charge in [0.1, 0.15) is 11.4 Å². The predicted octanol–water partition coefficient (Wildman–Crippen LogP) is 6.67. The first-order valence-corrected chi connectivity index (χ1v) is 10.9. The summed E-state index contributed by atoms with van der Waals surface area (Å²) in [5, 5.41) is 0. The topological polar surface area (TPSA) is 43.4 Å². The maximum Gasteiger partial charge on any atom is 0.170 e. The number of Topliss-reactive ketones (excluding diaryl/α,β-unsaturated/α-hetero) is 2. The zero-order valence-corrected chi connectivity index (χ0v) is 18.0. The standard InChI is InChI=1S/C27H28O3/c1-4-24(28)19-9-7-18(8-10-19)20-11-12-21(15-20)22-13-14-26-23(16-22)25(29)17-27(5-2,6-3)30-26/h7-11,13-16H,4-6,12,17H2,1-3H3. The minimum Gasteiger partial charge on any atom is -0.486 e. The van der Waals surface area contributed by atoms with Gasteiger partial charge in [0.05, 0.1) is 12.0 Å². The third kappa shape index (κ3) is 3.65. The SMILES string of the molecule is CCC(=O)c1ccc(C2=CCC(c3ccc4c(c3)C(=O)CC(CC)(CC)O4)=C2)cc1. The Labute approximate surface area is 178 Å². The summed E-state index contributed by atoms with van der Waals surface area (Å²) in [7, 11) is 0. The molecule has 1 aliphatic carbocycles. The van der Waals surface area contributed by atoms with E-state index >= 15 is 0 Å². The zero-order chi connectivity index (χ0) is 21.3. The molecule has 0 saturated heterocycles. The van der Waals surface area contributed by atoms with Gasteiger partial charge < -0.3 is 4.74 Å². The van der Waals surface area contributed by atoms with Crippen molar-refractivity contribution < 1.29 is 14.3 Å². The molecule has 0 saturated carbocycles. The zero-order valence-electron chi connectivity index (χ0n) is 18.0. The number of hydrogen-bond acceptors (Lipinski definition) is 3. The monoisotopic (exact) mass is 400 g/mol. The summed E-state index contributed by atoms with van der Waals surface area (Å²) in [6.07, 6.45) is 7.83. The van der Waals surface area contributed by atoms with Crippen molar-refractivity contribution in [1.29, 1.82) is 0 Å². The van der Waals surface area contributed by atoms with Crippen molar-refractivity contribution in [1.82, 2.24) is 0 Å². The Kier molecular flexibility index (Phi) is 5.46. The van der Waals surface area contributed by atoms with E-state index in [-0.39, 0.29) is 17.2 Å². The highest BCUT2D eigenvalue weighted by molar-refractivity contribution is 6.02. The van der Waals surface area contributed by atoms with E-state index in [1.54, 1.807) is 0 Å². The lowest BCUT2D eigenvalue weighted by Crippen LogP contribution is -2.40. The van der Waals surface area contributed by atoms with Crippen LogP contribution in [0.2, 0.25) is 0 Å². The van der Waals surface area contributed by atoms with Crippen molar-refractivity contribution in [2.45, 2.75) is 58.5 Å². The molecule has 0 N–H and O–H groups in total. The second-order valence-corrected chi connectivity index (χ2v) is 8.19. The van der Waals surface area contributed by atoms with Crippen LogP contribution in [0.5, 0.6) is 5.75 Å². The fourth-order valence-corrected chi connectivity index (χ4v) is 4.32. The van der Waals surface area contributed by atoms with Crippen LogP contribution in [0.4, 0.5) is 0 Å². The Bertz CT molecular complexity index is 1050. The van der Waals surface area contributed by atoms with Gasteiger partial charge in [-0.3, -0.25) is 9.59 Å². The normalized spacial score (nSPS) is 17.1. The summed E-state index contributed by atoms with van der Waals surface area (Å²) in [6.45, 7) is 6.04. The molecule has 0 amide bonds. The van der Waals surface area contributed by atoms with Crippen LogP contribution in [0.1, 0.15) is 84.7 Å². The van der Waals surface area contributed by atoms with E-state index in [0.29, 0.717) is 24.2 Å². The molecule has 1 heterocycles. The number of hydrogen-bond donors (Lipinski definition) is 0. The number of ketones is 2. The van der Waals surface area contributed by atoms with E-state index in [4.69, 9.17) is 4.74 Å². The van der Waals surface area contributed by atoms with E-state index in [9.17, 15) is 9.59 Å². The number of fused-ring (bicyclic) bond motifs is 1. The van der Waals surface area contributed by atoms with E-state index in [1.807, 2.05) is 43.3 Å². The summed E-state index contributed by atoms with van der Waals surface area (Å²) >= 11 is 0. The van der Waals surface area contributed by atoms with E-state index in [0.717, 1.165) is 41.5 Å². The van der Waals surface area contributed by atoms with E-state index in [2.05, 4.69) is 32.1 Å². The molecule has 0 radical (unpaired) electrons. The highest BCUT2D eigenvalue weighted by Gasteiger charge is 2.37. The molecule has 3 nitrogen and oxygen atoms in total. The lowest BCUT2D eigenvalue weighted by Gasteiger charge is -2.36. The Morgan fingerprint density at radius 1 is 1.00 bits per heavy atom. The van der Waals surface area contributed by atoms with Crippen LogP contribution in [-0.4, -0.2) is 17.2 Å². The van der Waals surface area contributed by atoms with Gasteiger partial charge in [-0.25, -0.2) is 0 Å². The van der Waals surface area contributed by atoms with E-state index < -0.39 is 0 Å². The largest absolute Gasteiger partial charge is 0.486 e. The summed E-state index contributed by atoms with van der Waals surface area (Å²) < 4.78 is 6.26. The molecule has 0 bridgehead atoms. The summed E-state index contributed by atoms with van der Waals surface area (Å²) in [5.74, 6) is 1.04. The van der Waals surface area contributed by atoms with Gasteiger partial charge in [0.2, 0.25) is 0 Å². The molecule has 30 heavy (non-hydrogen) atoms. The lowest BCUT2D eigenvalue weighted by molar-refractivity contribution is 0.0349.